The van der Waals surface area contributed by atoms with Crippen LogP contribution in [0, 0.1) is 12.8 Å². The van der Waals surface area contributed by atoms with Crippen LogP contribution in [0.2, 0.25) is 5.02 Å². The summed E-state index contributed by atoms with van der Waals surface area (Å²) in [5, 5.41) is 0.625. The Hall–Kier alpha value is -0.800. The van der Waals surface area contributed by atoms with Crippen molar-refractivity contribution in [2.45, 2.75) is 13.3 Å². The van der Waals surface area contributed by atoms with Gasteiger partial charge in [-0.25, -0.2) is 0 Å². The number of anilines is 1. The summed E-state index contributed by atoms with van der Waals surface area (Å²) in [7, 11) is 0. The normalized spacial score (nSPS) is 19.8. The van der Waals surface area contributed by atoms with E-state index in [4.69, 9.17) is 11.6 Å². The predicted molar refractivity (Wildman–Crippen MR) is 74.5 cm³/mol. The molecule has 0 spiro atoms. The molecule has 1 fully saturated rings. The third kappa shape index (κ3) is 2.40. The highest BCUT2D eigenvalue weighted by Gasteiger charge is 2.29. The van der Waals surface area contributed by atoms with Crippen LogP contribution in [0.15, 0.2) is 29.3 Å². The Bertz CT molecular complexity index is 487. The fourth-order valence-corrected chi connectivity index (χ4v) is 2.67. The number of halogens is 2. The van der Waals surface area contributed by atoms with Crippen molar-refractivity contribution in [3.05, 3.63) is 39.8 Å². The minimum atomic E-state index is 0.136. The second-order valence-corrected chi connectivity index (χ2v) is 5.52. The van der Waals surface area contributed by atoms with Crippen LogP contribution in [0.1, 0.15) is 12.0 Å². The van der Waals surface area contributed by atoms with Crippen molar-refractivity contribution in [1.29, 1.82) is 0 Å². The lowest BCUT2D eigenvalue weighted by Gasteiger charge is -2.19. The SMILES string of the molecule is C=CC1CC(=O)N(c2cc(Cl)c(Br)cc2C)C1. The number of amides is 1. The standard InChI is InChI=1S/C13H13BrClNO/c1-3-9-5-13(17)16(7-9)12-6-11(15)10(14)4-8(12)2/h3-4,6,9H,1,5,7H2,2H3. The molecular weight excluding hydrogens is 302 g/mol. The number of hydrogen-bond donors (Lipinski definition) is 0. The highest BCUT2D eigenvalue weighted by Crippen LogP contribution is 2.34. The molecule has 2 nitrogen and oxygen atoms in total. The minimum absolute atomic E-state index is 0.136. The van der Waals surface area contributed by atoms with E-state index in [0.29, 0.717) is 18.0 Å². The molecular formula is C13H13BrClNO. The fourth-order valence-electron chi connectivity index (χ4n) is 2.05. The van der Waals surface area contributed by atoms with E-state index in [0.717, 1.165) is 15.7 Å². The van der Waals surface area contributed by atoms with E-state index in [-0.39, 0.29) is 11.8 Å². The number of nitrogens with zero attached hydrogens (tertiary/aromatic N) is 1. The lowest BCUT2D eigenvalue weighted by Crippen LogP contribution is -2.25. The molecule has 0 aliphatic carbocycles. The molecule has 4 heteroatoms. The summed E-state index contributed by atoms with van der Waals surface area (Å²) in [5.41, 5.74) is 1.94. The largest absolute Gasteiger partial charge is 0.311 e. The van der Waals surface area contributed by atoms with Crippen LogP contribution in [0.25, 0.3) is 0 Å². The number of hydrogen-bond acceptors (Lipinski definition) is 1. The Morgan fingerprint density at radius 2 is 2.29 bits per heavy atom. The smallest absolute Gasteiger partial charge is 0.227 e. The van der Waals surface area contributed by atoms with Gasteiger partial charge in [0.2, 0.25) is 5.91 Å². The highest BCUT2D eigenvalue weighted by molar-refractivity contribution is 9.10. The van der Waals surface area contributed by atoms with Gasteiger partial charge in [0.1, 0.15) is 0 Å². The van der Waals surface area contributed by atoms with Gasteiger partial charge in [0, 0.05) is 29.0 Å². The molecule has 17 heavy (non-hydrogen) atoms. The molecule has 0 saturated carbocycles. The molecule has 0 aromatic heterocycles. The van der Waals surface area contributed by atoms with Crippen LogP contribution >= 0.6 is 27.5 Å². The van der Waals surface area contributed by atoms with Gasteiger partial charge in [-0.15, -0.1) is 6.58 Å². The Morgan fingerprint density at radius 1 is 1.59 bits per heavy atom. The summed E-state index contributed by atoms with van der Waals surface area (Å²) in [6, 6.07) is 3.77. The molecule has 2 rings (SSSR count). The quantitative estimate of drug-likeness (QED) is 0.757. The molecule has 1 amide bonds. The van der Waals surface area contributed by atoms with Crippen LogP contribution in [0.3, 0.4) is 0 Å². The first-order valence-electron chi connectivity index (χ1n) is 5.41. The highest BCUT2D eigenvalue weighted by atomic mass is 79.9. The number of carbonyl (C=O) groups excluding carboxylic acids is 1. The van der Waals surface area contributed by atoms with Gasteiger partial charge in [0.15, 0.2) is 0 Å². The van der Waals surface area contributed by atoms with Gasteiger partial charge in [-0.3, -0.25) is 4.79 Å². The van der Waals surface area contributed by atoms with Crippen molar-refractivity contribution >= 4 is 39.1 Å². The van der Waals surface area contributed by atoms with Crippen molar-refractivity contribution in [1.82, 2.24) is 0 Å². The molecule has 1 heterocycles. The number of rotatable bonds is 2. The predicted octanol–water partition coefficient (Wildman–Crippen LogP) is 3.95. The van der Waals surface area contributed by atoms with E-state index in [1.165, 1.54) is 0 Å². The second kappa shape index (κ2) is 4.83. The lowest BCUT2D eigenvalue weighted by molar-refractivity contribution is -0.117. The van der Waals surface area contributed by atoms with Gasteiger partial charge in [-0.05, 0) is 40.5 Å². The molecule has 1 aliphatic rings. The van der Waals surface area contributed by atoms with E-state index in [1.807, 2.05) is 25.1 Å². The molecule has 1 saturated heterocycles. The van der Waals surface area contributed by atoms with E-state index >= 15 is 0 Å². The van der Waals surface area contributed by atoms with Gasteiger partial charge in [-0.1, -0.05) is 17.7 Å². The Morgan fingerprint density at radius 3 is 2.88 bits per heavy atom. The topological polar surface area (TPSA) is 20.3 Å². The second-order valence-electron chi connectivity index (χ2n) is 4.26. The third-order valence-corrected chi connectivity index (χ3v) is 4.21. The van der Waals surface area contributed by atoms with Crippen molar-refractivity contribution < 1.29 is 4.79 Å². The third-order valence-electron chi connectivity index (χ3n) is 3.02. The van der Waals surface area contributed by atoms with Gasteiger partial charge >= 0.3 is 0 Å². The van der Waals surface area contributed by atoms with Crippen LogP contribution in [-0.2, 0) is 4.79 Å². The minimum Gasteiger partial charge on any atom is -0.311 e. The molecule has 1 aromatic carbocycles. The van der Waals surface area contributed by atoms with Crippen LogP contribution < -0.4 is 4.90 Å². The molecule has 0 radical (unpaired) electrons. The summed E-state index contributed by atoms with van der Waals surface area (Å²) >= 11 is 9.46. The van der Waals surface area contributed by atoms with Gasteiger partial charge in [0.05, 0.1) is 5.02 Å². The van der Waals surface area contributed by atoms with Crippen LogP contribution in [-0.4, -0.2) is 12.5 Å². The molecule has 1 aliphatic heterocycles. The molecule has 1 unspecified atom stereocenters. The molecule has 1 atom stereocenters. The summed E-state index contributed by atoms with van der Waals surface area (Å²) in [6.07, 6.45) is 2.38. The van der Waals surface area contributed by atoms with E-state index in [1.54, 1.807) is 4.90 Å². The number of benzene rings is 1. The monoisotopic (exact) mass is 313 g/mol. The zero-order valence-corrected chi connectivity index (χ0v) is 11.9. The van der Waals surface area contributed by atoms with Crippen molar-refractivity contribution in [3.8, 4) is 0 Å². The average Bonchev–Trinajstić information content (AvgIpc) is 2.65. The Kier molecular flexibility index (Phi) is 3.59. The zero-order valence-electron chi connectivity index (χ0n) is 9.54. The lowest BCUT2D eigenvalue weighted by atomic mass is 10.1. The summed E-state index contributed by atoms with van der Waals surface area (Å²) < 4.78 is 0.854. The van der Waals surface area contributed by atoms with E-state index in [9.17, 15) is 4.79 Å². The fraction of sp³-hybridized carbons (Fsp3) is 0.308. The van der Waals surface area contributed by atoms with E-state index < -0.39 is 0 Å². The molecule has 90 valence electrons. The van der Waals surface area contributed by atoms with Gasteiger partial charge < -0.3 is 4.90 Å². The van der Waals surface area contributed by atoms with Gasteiger partial charge in [0.25, 0.3) is 0 Å². The Balaban J connectivity index is 2.38. The van der Waals surface area contributed by atoms with E-state index in [2.05, 4.69) is 22.5 Å². The van der Waals surface area contributed by atoms with Crippen molar-refractivity contribution in [3.63, 3.8) is 0 Å². The van der Waals surface area contributed by atoms with Crippen molar-refractivity contribution in [2.75, 3.05) is 11.4 Å². The molecule has 0 bridgehead atoms. The van der Waals surface area contributed by atoms with Crippen LogP contribution in [0.4, 0.5) is 5.69 Å². The average molecular weight is 315 g/mol. The first-order chi connectivity index (χ1) is 8.02. The summed E-state index contributed by atoms with van der Waals surface area (Å²) in [5.74, 6) is 0.376. The van der Waals surface area contributed by atoms with Crippen molar-refractivity contribution in [2.24, 2.45) is 5.92 Å². The van der Waals surface area contributed by atoms with Crippen LogP contribution in [0.5, 0.6) is 0 Å². The maximum absolute atomic E-state index is 11.9. The van der Waals surface area contributed by atoms with Gasteiger partial charge in [-0.2, -0.15) is 0 Å². The Labute approximate surface area is 114 Å². The number of carbonyl (C=O) groups is 1. The first kappa shape index (κ1) is 12.7. The maximum Gasteiger partial charge on any atom is 0.227 e. The first-order valence-corrected chi connectivity index (χ1v) is 6.58. The summed E-state index contributed by atoms with van der Waals surface area (Å²) in [6.45, 7) is 6.42. The zero-order chi connectivity index (χ0) is 12.6. The maximum atomic E-state index is 11.9. The molecule has 1 aromatic rings. The molecule has 0 N–H and O–H groups in total. The summed E-state index contributed by atoms with van der Waals surface area (Å²) in [4.78, 5) is 13.7. The number of aryl methyl sites for hydroxylation is 1.